The molecule has 0 saturated carbocycles. The van der Waals surface area contributed by atoms with Crippen LogP contribution in [0.4, 0.5) is 0 Å². The Balaban J connectivity index is 2.03. The van der Waals surface area contributed by atoms with Crippen LogP contribution in [0, 0.1) is 0 Å². The summed E-state index contributed by atoms with van der Waals surface area (Å²) < 4.78 is 5.17. The summed E-state index contributed by atoms with van der Waals surface area (Å²) in [6.07, 6.45) is 4.07. The summed E-state index contributed by atoms with van der Waals surface area (Å²) in [5.41, 5.74) is 2.79. The van der Waals surface area contributed by atoms with Gasteiger partial charge >= 0.3 is 0 Å². The van der Waals surface area contributed by atoms with Crippen LogP contribution in [0.25, 0.3) is 0 Å². The smallest absolute Gasteiger partial charge is 0.250 e. The monoisotopic (exact) mass is 275 g/mol. The van der Waals surface area contributed by atoms with Gasteiger partial charge in [0.2, 0.25) is 0 Å². The van der Waals surface area contributed by atoms with E-state index in [0.29, 0.717) is 12.2 Å². The maximum atomic E-state index is 12.1. The number of hydrogen-bond acceptors (Lipinski definition) is 3. The molecule has 1 unspecified atom stereocenters. The highest BCUT2D eigenvalue weighted by Crippen LogP contribution is 2.17. The first kappa shape index (κ1) is 14.6. The van der Waals surface area contributed by atoms with E-state index in [4.69, 9.17) is 4.74 Å². The molecule has 0 saturated heterocycles. The van der Waals surface area contributed by atoms with Gasteiger partial charge in [0.15, 0.2) is 0 Å². The van der Waals surface area contributed by atoms with E-state index < -0.39 is 0 Å². The third-order valence-electron chi connectivity index (χ3n) is 3.50. The second-order valence-corrected chi connectivity index (χ2v) is 4.92. The molecule has 0 aliphatic carbocycles. The van der Waals surface area contributed by atoms with Crippen molar-refractivity contribution in [2.75, 3.05) is 13.2 Å². The Morgan fingerprint density at radius 3 is 2.70 bits per heavy atom. The van der Waals surface area contributed by atoms with E-state index >= 15 is 0 Å². The van der Waals surface area contributed by atoms with E-state index in [1.54, 1.807) is 0 Å². The lowest BCUT2D eigenvalue weighted by molar-refractivity contribution is -0.119. The number of aliphatic hydroxyl groups excluding tert-OH is 1. The highest BCUT2D eigenvalue weighted by molar-refractivity contribution is 5.93. The number of benzene rings is 1. The minimum atomic E-state index is -0.378. The number of hydrogen-bond donors (Lipinski definition) is 2. The zero-order chi connectivity index (χ0) is 14.4. The molecule has 1 heterocycles. The number of carbonyl (C=O) groups is 1. The predicted octanol–water partition coefficient (Wildman–Crippen LogP) is 2.09. The molecule has 4 heteroatoms. The Bertz CT molecular complexity index is 479. The standard InChI is InChI=1S/C16H21NO3/c1-2-12-5-7-13(8-6-12)15(10-18)17-16(19)14-4-3-9-20-11-14/h5-8,11,15,18H,2-4,9-10H2,1H3,(H,17,19). The zero-order valence-corrected chi connectivity index (χ0v) is 11.8. The highest BCUT2D eigenvalue weighted by atomic mass is 16.5. The number of aliphatic hydroxyl groups is 1. The van der Waals surface area contributed by atoms with Crippen molar-refractivity contribution in [1.82, 2.24) is 5.32 Å². The Labute approximate surface area is 119 Å². The number of nitrogens with one attached hydrogen (secondary N) is 1. The molecule has 1 aliphatic heterocycles. The van der Waals surface area contributed by atoms with Crippen LogP contribution >= 0.6 is 0 Å². The summed E-state index contributed by atoms with van der Waals surface area (Å²) >= 11 is 0. The van der Waals surface area contributed by atoms with Gasteiger partial charge in [-0.2, -0.15) is 0 Å². The third-order valence-corrected chi connectivity index (χ3v) is 3.50. The van der Waals surface area contributed by atoms with Gasteiger partial charge in [-0.15, -0.1) is 0 Å². The fourth-order valence-corrected chi connectivity index (χ4v) is 2.20. The third kappa shape index (κ3) is 3.61. The van der Waals surface area contributed by atoms with E-state index in [1.807, 2.05) is 24.3 Å². The molecule has 2 rings (SSSR count). The van der Waals surface area contributed by atoms with Gasteiger partial charge in [0, 0.05) is 0 Å². The van der Waals surface area contributed by atoms with Crippen molar-refractivity contribution in [2.24, 2.45) is 0 Å². The molecule has 20 heavy (non-hydrogen) atoms. The first-order valence-corrected chi connectivity index (χ1v) is 7.05. The average Bonchev–Trinajstić information content (AvgIpc) is 2.53. The molecule has 0 radical (unpaired) electrons. The van der Waals surface area contributed by atoms with E-state index in [2.05, 4.69) is 12.2 Å². The fourth-order valence-electron chi connectivity index (χ4n) is 2.20. The van der Waals surface area contributed by atoms with Crippen molar-refractivity contribution in [3.8, 4) is 0 Å². The second kappa shape index (κ2) is 7.10. The predicted molar refractivity (Wildman–Crippen MR) is 77.1 cm³/mol. The van der Waals surface area contributed by atoms with Crippen molar-refractivity contribution in [2.45, 2.75) is 32.2 Å². The Morgan fingerprint density at radius 2 is 2.15 bits per heavy atom. The molecule has 1 aliphatic rings. The number of ether oxygens (including phenoxy) is 1. The summed E-state index contributed by atoms with van der Waals surface area (Å²) in [4.78, 5) is 12.1. The molecule has 0 aromatic heterocycles. The first-order chi connectivity index (χ1) is 9.74. The lowest BCUT2D eigenvalue weighted by Gasteiger charge is -2.19. The molecule has 1 aromatic rings. The SMILES string of the molecule is CCc1ccc(C(CO)NC(=O)C2=COCCC2)cc1. The van der Waals surface area contributed by atoms with Gasteiger partial charge in [-0.25, -0.2) is 0 Å². The fraction of sp³-hybridized carbons (Fsp3) is 0.438. The summed E-state index contributed by atoms with van der Waals surface area (Å²) in [5.74, 6) is -0.164. The van der Waals surface area contributed by atoms with Gasteiger partial charge in [0.05, 0.1) is 31.1 Å². The summed E-state index contributed by atoms with van der Waals surface area (Å²) in [7, 11) is 0. The summed E-state index contributed by atoms with van der Waals surface area (Å²) in [6.45, 7) is 2.64. The lowest BCUT2D eigenvalue weighted by Crippen LogP contribution is -2.32. The molecular formula is C16H21NO3. The molecule has 0 bridgehead atoms. The minimum Gasteiger partial charge on any atom is -0.501 e. The molecule has 0 fully saturated rings. The quantitative estimate of drug-likeness (QED) is 0.865. The van der Waals surface area contributed by atoms with Crippen LogP contribution in [0.3, 0.4) is 0 Å². The molecule has 4 nitrogen and oxygen atoms in total. The molecule has 1 atom stereocenters. The van der Waals surface area contributed by atoms with Crippen LogP contribution in [0.5, 0.6) is 0 Å². The van der Waals surface area contributed by atoms with Gasteiger partial charge in [0.25, 0.3) is 5.91 Å². The van der Waals surface area contributed by atoms with Gasteiger partial charge < -0.3 is 15.2 Å². The Kier molecular flexibility index (Phi) is 5.18. The van der Waals surface area contributed by atoms with Gasteiger partial charge in [0.1, 0.15) is 0 Å². The molecule has 108 valence electrons. The van der Waals surface area contributed by atoms with Gasteiger partial charge in [-0.05, 0) is 30.4 Å². The van der Waals surface area contributed by atoms with Crippen LogP contribution in [0.15, 0.2) is 36.1 Å². The lowest BCUT2D eigenvalue weighted by atomic mass is 10.0. The van der Waals surface area contributed by atoms with E-state index in [0.717, 1.165) is 24.8 Å². The van der Waals surface area contributed by atoms with E-state index in [9.17, 15) is 9.90 Å². The van der Waals surface area contributed by atoms with Crippen molar-refractivity contribution in [3.63, 3.8) is 0 Å². The van der Waals surface area contributed by atoms with E-state index in [1.165, 1.54) is 11.8 Å². The molecule has 0 spiro atoms. The molecule has 1 aromatic carbocycles. The maximum absolute atomic E-state index is 12.1. The van der Waals surface area contributed by atoms with Gasteiger partial charge in [-0.1, -0.05) is 31.2 Å². The largest absolute Gasteiger partial charge is 0.501 e. The summed E-state index contributed by atoms with van der Waals surface area (Å²) in [6, 6.07) is 7.56. The highest BCUT2D eigenvalue weighted by Gasteiger charge is 2.18. The van der Waals surface area contributed by atoms with Crippen LogP contribution in [-0.2, 0) is 16.0 Å². The van der Waals surface area contributed by atoms with Crippen molar-refractivity contribution < 1.29 is 14.6 Å². The molecular weight excluding hydrogens is 254 g/mol. The van der Waals surface area contributed by atoms with Crippen LogP contribution in [0.1, 0.15) is 36.9 Å². The number of aryl methyl sites for hydroxylation is 1. The minimum absolute atomic E-state index is 0.120. The van der Waals surface area contributed by atoms with E-state index in [-0.39, 0.29) is 18.6 Å². The average molecular weight is 275 g/mol. The molecule has 1 amide bonds. The Morgan fingerprint density at radius 1 is 1.40 bits per heavy atom. The number of carbonyl (C=O) groups excluding carboxylic acids is 1. The van der Waals surface area contributed by atoms with Gasteiger partial charge in [-0.3, -0.25) is 4.79 Å². The molecule has 2 N–H and O–H groups in total. The van der Waals surface area contributed by atoms with Crippen LogP contribution in [0.2, 0.25) is 0 Å². The van der Waals surface area contributed by atoms with Crippen molar-refractivity contribution in [3.05, 3.63) is 47.2 Å². The maximum Gasteiger partial charge on any atom is 0.250 e. The number of rotatable bonds is 5. The normalized spacial score (nSPS) is 16.0. The van der Waals surface area contributed by atoms with Crippen molar-refractivity contribution >= 4 is 5.91 Å². The zero-order valence-electron chi connectivity index (χ0n) is 11.8. The summed E-state index contributed by atoms with van der Waals surface area (Å²) in [5, 5.41) is 12.3. The first-order valence-electron chi connectivity index (χ1n) is 7.05. The topological polar surface area (TPSA) is 58.6 Å². The Hall–Kier alpha value is -1.81. The number of amides is 1. The van der Waals surface area contributed by atoms with Crippen molar-refractivity contribution in [1.29, 1.82) is 0 Å². The van der Waals surface area contributed by atoms with Crippen LogP contribution in [-0.4, -0.2) is 24.2 Å². The van der Waals surface area contributed by atoms with Crippen LogP contribution < -0.4 is 5.32 Å². The second-order valence-electron chi connectivity index (χ2n) is 4.92.